The molecule has 0 saturated carbocycles. The maximum atomic E-state index is 12.9. The van der Waals surface area contributed by atoms with Crippen molar-refractivity contribution in [2.45, 2.75) is 25.7 Å². The Morgan fingerprint density at radius 3 is 2.75 bits per heavy atom. The lowest BCUT2D eigenvalue weighted by Gasteiger charge is -2.02. The molecule has 0 amide bonds. The van der Waals surface area contributed by atoms with Gasteiger partial charge in [-0.1, -0.05) is 33.6 Å². The lowest BCUT2D eigenvalue weighted by molar-refractivity contribution is -0.119. The van der Waals surface area contributed by atoms with Crippen molar-refractivity contribution in [3.8, 4) is 0 Å². The number of benzene rings is 1. The Balaban J connectivity index is 2.42. The van der Waals surface area contributed by atoms with Crippen LogP contribution in [0, 0.1) is 5.82 Å². The molecule has 0 bridgehead atoms. The molecule has 88 valence electrons. The predicted molar refractivity (Wildman–Crippen MR) is 67.8 cm³/mol. The average Bonchev–Trinajstić information content (AvgIpc) is 2.28. The summed E-state index contributed by atoms with van der Waals surface area (Å²) in [4.78, 5) is 11.4. The lowest BCUT2D eigenvalue weighted by atomic mass is 10.1. The van der Waals surface area contributed by atoms with Crippen LogP contribution in [0.15, 0.2) is 18.2 Å². The molecule has 0 atom stereocenters. The van der Waals surface area contributed by atoms with Gasteiger partial charge in [0.15, 0.2) is 0 Å². The van der Waals surface area contributed by atoms with Crippen molar-refractivity contribution in [1.82, 2.24) is 0 Å². The third-order valence-corrected chi connectivity index (χ3v) is 3.12. The zero-order chi connectivity index (χ0) is 12.0. The molecule has 0 aliphatic carbocycles. The number of halogens is 3. The van der Waals surface area contributed by atoms with Gasteiger partial charge in [-0.2, -0.15) is 0 Å². The van der Waals surface area contributed by atoms with Crippen molar-refractivity contribution in [3.63, 3.8) is 0 Å². The van der Waals surface area contributed by atoms with Gasteiger partial charge >= 0.3 is 0 Å². The largest absolute Gasteiger partial charge is 0.300 e. The molecule has 0 aromatic heterocycles. The molecule has 16 heavy (non-hydrogen) atoms. The molecule has 1 aromatic carbocycles. The second-order valence-corrected chi connectivity index (χ2v) is 4.78. The molecular weight excluding hydrogens is 294 g/mol. The van der Waals surface area contributed by atoms with E-state index in [1.54, 1.807) is 12.1 Å². The fourth-order valence-electron chi connectivity index (χ4n) is 1.37. The number of alkyl halides is 1. The first-order chi connectivity index (χ1) is 7.63. The van der Waals surface area contributed by atoms with Gasteiger partial charge in [0.2, 0.25) is 0 Å². The summed E-state index contributed by atoms with van der Waals surface area (Å²) in [5.74, 6) is -0.184. The van der Waals surface area contributed by atoms with Crippen LogP contribution >= 0.6 is 27.5 Å². The number of hydrogen-bond donors (Lipinski definition) is 0. The minimum Gasteiger partial charge on any atom is -0.300 e. The van der Waals surface area contributed by atoms with Crippen molar-refractivity contribution >= 4 is 33.3 Å². The molecule has 1 nitrogen and oxygen atoms in total. The predicted octanol–water partition coefficient (Wildman–Crippen LogP) is 4.16. The topological polar surface area (TPSA) is 17.1 Å². The van der Waals surface area contributed by atoms with Gasteiger partial charge in [-0.25, -0.2) is 4.39 Å². The number of carbonyl (C=O) groups is 1. The molecule has 4 heteroatoms. The van der Waals surface area contributed by atoms with Crippen molar-refractivity contribution < 1.29 is 9.18 Å². The number of aryl methyl sites for hydroxylation is 1. The van der Waals surface area contributed by atoms with Gasteiger partial charge in [0.25, 0.3) is 0 Å². The first-order valence-electron chi connectivity index (χ1n) is 5.15. The summed E-state index contributed by atoms with van der Waals surface area (Å²) >= 11 is 8.93. The first kappa shape index (κ1) is 13.7. The van der Waals surface area contributed by atoms with Crippen LogP contribution in [-0.4, -0.2) is 11.1 Å². The van der Waals surface area contributed by atoms with E-state index in [9.17, 15) is 9.18 Å². The SMILES string of the molecule is O=C(CCCBr)CCc1ccc(F)c(Cl)c1. The summed E-state index contributed by atoms with van der Waals surface area (Å²) in [6, 6.07) is 4.58. The fourth-order valence-corrected chi connectivity index (χ4v) is 1.85. The highest BCUT2D eigenvalue weighted by atomic mass is 79.9. The Morgan fingerprint density at radius 2 is 2.12 bits per heavy atom. The number of carbonyl (C=O) groups excluding carboxylic acids is 1. The molecule has 0 saturated heterocycles. The van der Waals surface area contributed by atoms with Crippen LogP contribution in [0.4, 0.5) is 4.39 Å². The van der Waals surface area contributed by atoms with E-state index in [0.717, 1.165) is 17.3 Å². The minimum absolute atomic E-state index is 0.116. The van der Waals surface area contributed by atoms with Crippen LogP contribution in [0.3, 0.4) is 0 Å². The molecule has 0 aliphatic heterocycles. The van der Waals surface area contributed by atoms with E-state index < -0.39 is 5.82 Å². The van der Waals surface area contributed by atoms with Gasteiger partial charge in [-0.05, 0) is 30.5 Å². The molecule has 1 aromatic rings. The third kappa shape index (κ3) is 4.62. The Labute approximate surface area is 108 Å². The normalized spacial score (nSPS) is 10.4. The van der Waals surface area contributed by atoms with E-state index in [1.807, 2.05) is 0 Å². The molecule has 0 unspecified atom stereocenters. The second kappa shape index (κ2) is 7.02. The molecule has 1 rings (SSSR count). The van der Waals surface area contributed by atoms with Gasteiger partial charge in [0, 0.05) is 18.2 Å². The molecule has 0 aliphatic rings. The standard InChI is InChI=1S/C12H13BrClFO/c13-7-1-2-10(16)5-3-9-4-6-12(15)11(14)8-9/h4,6,8H,1-3,5,7H2. The molecular formula is C12H13BrClFO. The van der Waals surface area contributed by atoms with Gasteiger partial charge in [-0.3, -0.25) is 4.79 Å². The smallest absolute Gasteiger partial charge is 0.141 e. The molecule has 0 fully saturated rings. The highest BCUT2D eigenvalue weighted by Gasteiger charge is 2.04. The summed E-state index contributed by atoms with van der Waals surface area (Å²) in [6.45, 7) is 0. The van der Waals surface area contributed by atoms with Crippen LogP contribution in [0.25, 0.3) is 0 Å². The van der Waals surface area contributed by atoms with Crippen LogP contribution < -0.4 is 0 Å². The minimum atomic E-state index is -0.420. The first-order valence-corrected chi connectivity index (χ1v) is 6.65. The van der Waals surface area contributed by atoms with Gasteiger partial charge in [0.05, 0.1) is 5.02 Å². The summed E-state index contributed by atoms with van der Waals surface area (Å²) in [5, 5.41) is 0.964. The number of hydrogen-bond acceptors (Lipinski definition) is 1. The quantitative estimate of drug-likeness (QED) is 0.721. The van der Waals surface area contributed by atoms with Crippen molar-refractivity contribution in [1.29, 1.82) is 0 Å². The zero-order valence-electron chi connectivity index (χ0n) is 8.81. The summed E-state index contributed by atoms with van der Waals surface area (Å²) in [5.41, 5.74) is 0.901. The van der Waals surface area contributed by atoms with Gasteiger partial charge in [-0.15, -0.1) is 0 Å². The van der Waals surface area contributed by atoms with Gasteiger partial charge < -0.3 is 0 Å². The van der Waals surface area contributed by atoms with Crippen LogP contribution in [0.2, 0.25) is 5.02 Å². The maximum Gasteiger partial charge on any atom is 0.141 e. The van der Waals surface area contributed by atoms with E-state index in [2.05, 4.69) is 15.9 Å². The number of Topliss-reactive ketones (excluding diaryl/α,β-unsaturated/α-hetero) is 1. The highest BCUT2D eigenvalue weighted by Crippen LogP contribution is 2.17. The Bertz CT molecular complexity index is 368. The molecule has 0 heterocycles. The number of ketones is 1. The Hall–Kier alpha value is -0.410. The molecule has 0 spiro atoms. The fraction of sp³-hybridized carbons (Fsp3) is 0.417. The Morgan fingerprint density at radius 1 is 1.38 bits per heavy atom. The maximum absolute atomic E-state index is 12.9. The van der Waals surface area contributed by atoms with Gasteiger partial charge in [0.1, 0.15) is 11.6 Å². The van der Waals surface area contributed by atoms with Crippen LogP contribution in [0.5, 0.6) is 0 Å². The van der Waals surface area contributed by atoms with Crippen molar-refractivity contribution in [3.05, 3.63) is 34.6 Å². The lowest BCUT2D eigenvalue weighted by Crippen LogP contribution is -2.00. The summed E-state index contributed by atoms with van der Waals surface area (Å²) in [6.07, 6.45) is 2.58. The molecule has 0 radical (unpaired) electrons. The van der Waals surface area contributed by atoms with E-state index in [4.69, 9.17) is 11.6 Å². The van der Waals surface area contributed by atoms with E-state index in [1.165, 1.54) is 6.07 Å². The number of rotatable bonds is 6. The van der Waals surface area contributed by atoms with Crippen molar-refractivity contribution in [2.75, 3.05) is 5.33 Å². The van der Waals surface area contributed by atoms with Crippen LogP contribution in [0.1, 0.15) is 24.8 Å². The van der Waals surface area contributed by atoms with E-state index >= 15 is 0 Å². The molecule has 0 N–H and O–H groups in total. The average molecular weight is 308 g/mol. The van der Waals surface area contributed by atoms with E-state index in [0.29, 0.717) is 19.3 Å². The highest BCUT2D eigenvalue weighted by molar-refractivity contribution is 9.09. The third-order valence-electron chi connectivity index (χ3n) is 2.27. The van der Waals surface area contributed by atoms with Crippen molar-refractivity contribution in [2.24, 2.45) is 0 Å². The second-order valence-electron chi connectivity index (χ2n) is 3.58. The summed E-state index contributed by atoms with van der Waals surface area (Å²) < 4.78 is 12.9. The van der Waals surface area contributed by atoms with Crippen LogP contribution in [-0.2, 0) is 11.2 Å². The zero-order valence-corrected chi connectivity index (χ0v) is 11.2. The van der Waals surface area contributed by atoms with E-state index in [-0.39, 0.29) is 10.8 Å². The Kier molecular flexibility index (Phi) is 5.99. The summed E-state index contributed by atoms with van der Waals surface area (Å²) in [7, 11) is 0. The monoisotopic (exact) mass is 306 g/mol.